The first-order chi connectivity index (χ1) is 12.3. The molecule has 136 valence electrons. The highest BCUT2D eigenvalue weighted by molar-refractivity contribution is 6.03. The largest absolute Gasteiger partial charge is 0.484 e. The molecule has 0 radical (unpaired) electrons. The van der Waals surface area contributed by atoms with E-state index in [1.165, 1.54) is 0 Å². The molecule has 1 aliphatic heterocycles. The van der Waals surface area contributed by atoms with E-state index in [0.717, 1.165) is 0 Å². The highest BCUT2D eigenvalue weighted by Crippen LogP contribution is 2.41. The predicted octanol–water partition coefficient (Wildman–Crippen LogP) is 2.95. The van der Waals surface area contributed by atoms with Crippen LogP contribution >= 0.6 is 0 Å². The maximum absolute atomic E-state index is 13.4. The normalized spacial score (nSPS) is 20.0. The molecule has 1 N–H and O–H groups in total. The number of para-hydroxylation sites is 1. The summed E-state index contributed by atoms with van der Waals surface area (Å²) in [6, 6.07) is 16.3. The molecular formula is C18H15F3N2O3. The highest BCUT2D eigenvalue weighted by atomic mass is 19.4. The number of hydrazone groups is 1. The summed E-state index contributed by atoms with van der Waals surface area (Å²) >= 11 is 0. The number of aliphatic hydroxyl groups is 1. The van der Waals surface area contributed by atoms with E-state index in [2.05, 4.69) is 5.10 Å². The lowest BCUT2D eigenvalue weighted by molar-refractivity contribution is -0.302. The number of hydrogen-bond acceptors (Lipinski definition) is 4. The molecule has 0 aromatic heterocycles. The molecule has 1 aliphatic rings. The van der Waals surface area contributed by atoms with Gasteiger partial charge in [0.2, 0.25) is 0 Å². The van der Waals surface area contributed by atoms with E-state index in [1.54, 1.807) is 60.7 Å². The van der Waals surface area contributed by atoms with Crippen LogP contribution in [-0.4, -0.2) is 40.2 Å². The summed E-state index contributed by atoms with van der Waals surface area (Å²) in [4.78, 5) is 12.3. The summed E-state index contributed by atoms with van der Waals surface area (Å²) in [5.41, 5.74) is -3.04. The van der Waals surface area contributed by atoms with E-state index in [9.17, 15) is 23.1 Å². The average Bonchev–Trinajstić information content (AvgIpc) is 3.00. The molecule has 1 amide bonds. The first-order valence-corrected chi connectivity index (χ1v) is 7.74. The Labute approximate surface area is 147 Å². The van der Waals surface area contributed by atoms with E-state index in [1.807, 2.05) is 0 Å². The van der Waals surface area contributed by atoms with Crippen LogP contribution in [0.1, 0.15) is 12.0 Å². The van der Waals surface area contributed by atoms with Gasteiger partial charge in [-0.15, -0.1) is 0 Å². The van der Waals surface area contributed by atoms with E-state index < -0.39 is 30.8 Å². The number of halogens is 3. The van der Waals surface area contributed by atoms with Gasteiger partial charge < -0.3 is 9.84 Å². The van der Waals surface area contributed by atoms with Crippen LogP contribution in [0.15, 0.2) is 65.8 Å². The van der Waals surface area contributed by atoms with Gasteiger partial charge in [-0.1, -0.05) is 48.5 Å². The quantitative estimate of drug-likeness (QED) is 0.907. The zero-order valence-corrected chi connectivity index (χ0v) is 13.5. The molecule has 0 spiro atoms. The number of rotatable bonds is 4. The second kappa shape index (κ2) is 6.80. The Bertz CT molecular complexity index is 809. The molecule has 0 saturated heterocycles. The highest BCUT2D eigenvalue weighted by Gasteiger charge is 2.63. The Hall–Kier alpha value is -2.87. The zero-order valence-electron chi connectivity index (χ0n) is 13.5. The summed E-state index contributed by atoms with van der Waals surface area (Å²) < 4.78 is 45.5. The molecule has 1 atom stereocenters. The second-order valence-corrected chi connectivity index (χ2v) is 5.71. The smallest absolute Gasteiger partial charge is 0.438 e. The van der Waals surface area contributed by atoms with E-state index in [-0.39, 0.29) is 10.7 Å². The fourth-order valence-corrected chi connectivity index (χ4v) is 2.54. The van der Waals surface area contributed by atoms with Gasteiger partial charge in [0.05, 0.1) is 12.1 Å². The van der Waals surface area contributed by atoms with Gasteiger partial charge in [0, 0.05) is 0 Å². The van der Waals surface area contributed by atoms with Crippen molar-refractivity contribution < 1.29 is 27.8 Å². The maximum Gasteiger partial charge on any atom is 0.438 e. The number of carbonyl (C=O) groups is 1. The van der Waals surface area contributed by atoms with Gasteiger partial charge in [0.15, 0.2) is 6.61 Å². The third-order valence-electron chi connectivity index (χ3n) is 3.89. The first kappa shape index (κ1) is 17.9. The van der Waals surface area contributed by atoms with Crippen molar-refractivity contribution in [3.63, 3.8) is 0 Å². The SMILES string of the molecule is O=C(COc1ccccc1)N1N=C(c2ccccc2)C[C@]1(O)C(F)(F)F. The molecule has 26 heavy (non-hydrogen) atoms. The molecule has 1 heterocycles. The van der Waals surface area contributed by atoms with Crippen LogP contribution < -0.4 is 4.74 Å². The van der Waals surface area contributed by atoms with Crippen LogP contribution in [0.4, 0.5) is 13.2 Å². The summed E-state index contributed by atoms with van der Waals surface area (Å²) in [7, 11) is 0. The Morgan fingerprint density at radius 1 is 1.12 bits per heavy atom. The minimum absolute atomic E-state index is 0.0292. The molecule has 5 nitrogen and oxygen atoms in total. The lowest BCUT2D eigenvalue weighted by Crippen LogP contribution is -2.57. The third-order valence-corrected chi connectivity index (χ3v) is 3.89. The van der Waals surface area contributed by atoms with Crippen LogP contribution in [0.2, 0.25) is 0 Å². The molecule has 3 rings (SSSR count). The Balaban J connectivity index is 1.85. The number of carbonyl (C=O) groups excluding carboxylic acids is 1. The molecule has 0 aliphatic carbocycles. The van der Waals surface area contributed by atoms with Crippen LogP contribution in [0, 0.1) is 0 Å². The molecule has 2 aromatic rings. The number of hydrogen-bond donors (Lipinski definition) is 1. The minimum atomic E-state index is -5.07. The topological polar surface area (TPSA) is 62.1 Å². The number of alkyl halides is 3. The van der Waals surface area contributed by atoms with Crippen LogP contribution in [-0.2, 0) is 4.79 Å². The molecule has 0 unspecified atom stereocenters. The molecule has 2 aromatic carbocycles. The van der Waals surface area contributed by atoms with Gasteiger partial charge in [-0.25, -0.2) is 0 Å². The fraction of sp³-hybridized carbons (Fsp3) is 0.222. The van der Waals surface area contributed by atoms with Crippen molar-refractivity contribution in [3.8, 4) is 5.75 Å². The predicted molar refractivity (Wildman–Crippen MR) is 87.4 cm³/mol. The van der Waals surface area contributed by atoms with Gasteiger partial charge >= 0.3 is 6.18 Å². The number of amides is 1. The molecular weight excluding hydrogens is 349 g/mol. The molecule has 0 saturated carbocycles. The minimum Gasteiger partial charge on any atom is -0.484 e. The van der Waals surface area contributed by atoms with Crippen molar-refractivity contribution in [2.24, 2.45) is 5.10 Å². The number of ether oxygens (including phenoxy) is 1. The number of benzene rings is 2. The molecule has 8 heteroatoms. The van der Waals surface area contributed by atoms with Gasteiger partial charge in [-0.2, -0.15) is 23.3 Å². The van der Waals surface area contributed by atoms with Crippen molar-refractivity contribution in [2.45, 2.75) is 18.3 Å². The third kappa shape index (κ3) is 3.41. The van der Waals surface area contributed by atoms with Crippen molar-refractivity contribution in [1.82, 2.24) is 5.01 Å². The van der Waals surface area contributed by atoms with Crippen molar-refractivity contribution >= 4 is 11.6 Å². The summed E-state index contributed by atoms with van der Waals surface area (Å²) in [5.74, 6) is -0.775. The molecule has 0 bridgehead atoms. The van der Waals surface area contributed by atoms with Crippen molar-refractivity contribution in [2.75, 3.05) is 6.61 Å². The summed E-state index contributed by atoms with van der Waals surface area (Å²) in [5, 5.41) is 14.0. The average molecular weight is 364 g/mol. The van der Waals surface area contributed by atoms with E-state index >= 15 is 0 Å². The Morgan fingerprint density at radius 2 is 1.69 bits per heavy atom. The van der Waals surface area contributed by atoms with Gasteiger partial charge in [0.25, 0.3) is 11.6 Å². The standard InChI is InChI=1S/C18H15F3N2O3/c19-18(20,21)17(25)11-15(13-7-3-1-4-8-13)22-23(17)16(24)12-26-14-9-5-2-6-10-14/h1-10,25H,11-12H2/t17-/m0/s1. The number of nitrogens with zero attached hydrogens (tertiary/aromatic N) is 2. The first-order valence-electron chi connectivity index (χ1n) is 7.74. The molecule has 0 fully saturated rings. The fourth-order valence-electron chi connectivity index (χ4n) is 2.54. The van der Waals surface area contributed by atoms with E-state index in [4.69, 9.17) is 4.74 Å². The van der Waals surface area contributed by atoms with Crippen molar-refractivity contribution in [1.29, 1.82) is 0 Å². The zero-order chi connectivity index (χ0) is 18.8. The lowest BCUT2D eigenvalue weighted by atomic mass is 10.0. The van der Waals surface area contributed by atoms with Crippen LogP contribution in [0.5, 0.6) is 5.75 Å². The van der Waals surface area contributed by atoms with Crippen LogP contribution in [0.3, 0.4) is 0 Å². The van der Waals surface area contributed by atoms with Gasteiger partial charge in [0.1, 0.15) is 5.75 Å². The van der Waals surface area contributed by atoms with Gasteiger partial charge in [-0.3, -0.25) is 4.79 Å². The van der Waals surface area contributed by atoms with Crippen LogP contribution in [0.25, 0.3) is 0 Å². The van der Waals surface area contributed by atoms with Crippen molar-refractivity contribution in [3.05, 3.63) is 66.2 Å². The van der Waals surface area contributed by atoms with Gasteiger partial charge in [-0.05, 0) is 17.7 Å². The second-order valence-electron chi connectivity index (χ2n) is 5.71. The Kier molecular flexibility index (Phi) is 4.69. The monoisotopic (exact) mass is 364 g/mol. The Morgan fingerprint density at radius 3 is 2.27 bits per heavy atom. The van der Waals surface area contributed by atoms with E-state index in [0.29, 0.717) is 11.3 Å². The maximum atomic E-state index is 13.4. The summed E-state index contributed by atoms with van der Waals surface area (Å²) in [6.07, 6.45) is -5.92. The lowest BCUT2D eigenvalue weighted by Gasteiger charge is -2.32. The summed E-state index contributed by atoms with van der Waals surface area (Å²) in [6.45, 7) is -0.687.